The molecule has 212 valence electrons. The summed E-state index contributed by atoms with van der Waals surface area (Å²) in [4.78, 5) is 30.2. The third-order valence-corrected chi connectivity index (χ3v) is 7.98. The van der Waals surface area contributed by atoms with Crippen molar-refractivity contribution in [3.8, 4) is 0 Å². The topological polar surface area (TPSA) is 87.9 Å². The van der Waals surface area contributed by atoms with Crippen LogP contribution in [-0.4, -0.2) is 67.5 Å². The van der Waals surface area contributed by atoms with Gasteiger partial charge in [-0.05, 0) is 82.2 Å². The highest BCUT2D eigenvalue weighted by Gasteiger charge is 2.43. The third kappa shape index (κ3) is 6.39. The molecule has 8 heteroatoms. The van der Waals surface area contributed by atoms with Crippen LogP contribution in [0.2, 0.25) is 0 Å². The van der Waals surface area contributed by atoms with Gasteiger partial charge in [0.25, 0.3) is 5.91 Å². The Hall–Kier alpha value is -3.65. The second-order valence-electron chi connectivity index (χ2n) is 12.0. The maximum absolute atomic E-state index is 13.4. The molecule has 0 bridgehead atoms. The number of carbonyl (C=O) groups excluding carboxylic acids is 2. The molecule has 2 aliphatic rings. The largest absolute Gasteiger partial charge is 0.444 e. The van der Waals surface area contributed by atoms with Gasteiger partial charge in [-0.15, -0.1) is 0 Å². The monoisotopic (exact) mass is 544 g/mol. The van der Waals surface area contributed by atoms with Gasteiger partial charge in [0.2, 0.25) is 0 Å². The van der Waals surface area contributed by atoms with Gasteiger partial charge in [-0.2, -0.15) is 5.10 Å². The minimum absolute atomic E-state index is 0.0489. The van der Waals surface area contributed by atoms with Crippen molar-refractivity contribution in [1.29, 1.82) is 0 Å². The summed E-state index contributed by atoms with van der Waals surface area (Å²) in [7, 11) is 0. The minimum atomic E-state index is -0.795. The lowest BCUT2D eigenvalue weighted by atomic mass is 10.0. The Morgan fingerprint density at radius 1 is 0.975 bits per heavy atom. The number of hydrogen-bond donors (Lipinski definition) is 1. The number of nitrogens with zero attached hydrogens (tertiary/aromatic N) is 4. The fourth-order valence-corrected chi connectivity index (χ4v) is 5.96. The van der Waals surface area contributed by atoms with Gasteiger partial charge in [0.05, 0.1) is 18.2 Å². The Bertz CT molecular complexity index is 1260. The van der Waals surface area contributed by atoms with E-state index in [1.165, 1.54) is 0 Å². The number of piperidine rings is 1. The van der Waals surface area contributed by atoms with E-state index in [9.17, 15) is 14.7 Å². The summed E-state index contributed by atoms with van der Waals surface area (Å²) in [6, 6.07) is 19.0. The van der Waals surface area contributed by atoms with Gasteiger partial charge in [-0.1, -0.05) is 42.5 Å². The fraction of sp³-hybridized carbons (Fsp3) is 0.469. The third-order valence-electron chi connectivity index (χ3n) is 7.98. The average molecular weight is 545 g/mol. The van der Waals surface area contributed by atoms with E-state index in [1.807, 2.05) is 97.2 Å². The summed E-state index contributed by atoms with van der Waals surface area (Å²) in [5.41, 5.74) is 1.87. The molecule has 1 N–H and O–H groups in total. The first kappa shape index (κ1) is 27.9. The number of amides is 2. The van der Waals surface area contributed by atoms with Crippen molar-refractivity contribution in [1.82, 2.24) is 19.6 Å². The second-order valence-corrected chi connectivity index (χ2v) is 12.0. The SMILES string of the molecule is CC(C)(C)OC(=O)N1[C@H](Cc2ccc(C(=O)N3CCC(n4cccn4)CC3)cc2)CC[C@@H]1[C@H](O)c1ccccc1. The maximum Gasteiger partial charge on any atom is 0.410 e. The van der Waals surface area contributed by atoms with Crippen LogP contribution in [0.5, 0.6) is 0 Å². The van der Waals surface area contributed by atoms with Crippen molar-refractivity contribution < 1.29 is 19.4 Å². The molecule has 3 atom stereocenters. The molecule has 2 amide bonds. The van der Waals surface area contributed by atoms with E-state index in [0.29, 0.717) is 37.5 Å². The van der Waals surface area contributed by atoms with Crippen molar-refractivity contribution >= 4 is 12.0 Å². The Labute approximate surface area is 236 Å². The second kappa shape index (κ2) is 11.8. The molecule has 3 heterocycles. The van der Waals surface area contributed by atoms with E-state index in [0.717, 1.165) is 30.4 Å². The maximum atomic E-state index is 13.4. The zero-order valence-corrected chi connectivity index (χ0v) is 23.6. The molecule has 0 unspecified atom stereocenters. The van der Waals surface area contributed by atoms with E-state index < -0.39 is 17.8 Å². The van der Waals surface area contributed by atoms with Crippen LogP contribution in [0.1, 0.15) is 80.1 Å². The lowest BCUT2D eigenvalue weighted by Crippen LogP contribution is -2.47. The van der Waals surface area contributed by atoms with Crippen LogP contribution in [0.4, 0.5) is 4.79 Å². The summed E-state index contributed by atoms with van der Waals surface area (Å²) in [6.45, 7) is 6.99. The molecule has 2 aromatic carbocycles. The predicted octanol–water partition coefficient (Wildman–Crippen LogP) is 5.40. The lowest BCUT2D eigenvalue weighted by molar-refractivity contribution is -0.00453. The summed E-state index contributed by atoms with van der Waals surface area (Å²) >= 11 is 0. The van der Waals surface area contributed by atoms with Gasteiger partial charge in [0, 0.05) is 37.1 Å². The van der Waals surface area contributed by atoms with E-state index in [2.05, 4.69) is 5.10 Å². The van der Waals surface area contributed by atoms with Crippen molar-refractivity contribution in [2.45, 2.75) is 82.7 Å². The number of aromatic nitrogens is 2. The van der Waals surface area contributed by atoms with Gasteiger partial charge >= 0.3 is 6.09 Å². The Morgan fingerprint density at radius 2 is 1.68 bits per heavy atom. The molecule has 0 spiro atoms. The molecule has 8 nitrogen and oxygen atoms in total. The Morgan fingerprint density at radius 3 is 2.30 bits per heavy atom. The van der Waals surface area contributed by atoms with Gasteiger partial charge in [-0.25, -0.2) is 4.79 Å². The number of aliphatic hydroxyl groups is 1. The molecular weight excluding hydrogens is 504 g/mol. The first-order valence-electron chi connectivity index (χ1n) is 14.3. The van der Waals surface area contributed by atoms with Crippen LogP contribution < -0.4 is 0 Å². The Balaban J connectivity index is 1.25. The van der Waals surface area contributed by atoms with Crippen LogP contribution in [0.25, 0.3) is 0 Å². The van der Waals surface area contributed by atoms with E-state index in [4.69, 9.17) is 4.74 Å². The predicted molar refractivity (Wildman–Crippen MR) is 153 cm³/mol. The van der Waals surface area contributed by atoms with Crippen molar-refractivity contribution in [2.24, 2.45) is 0 Å². The summed E-state index contributed by atoms with van der Waals surface area (Å²) in [5, 5.41) is 15.6. The molecule has 0 saturated carbocycles. The fourth-order valence-electron chi connectivity index (χ4n) is 5.96. The quantitative estimate of drug-likeness (QED) is 0.449. The van der Waals surface area contributed by atoms with Crippen LogP contribution in [0.15, 0.2) is 73.1 Å². The molecule has 0 radical (unpaired) electrons. The molecule has 1 aromatic heterocycles. The molecule has 5 rings (SSSR count). The molecule has 0 aliphatic carbocycles. The molecule has 2 saturated heterocycles. The van der Waals surface area contributed by atoms with E-state index >= 15 is 0 Å². The number of aliphatic hydroxyl groups excluding tert-OH is 1. The highest BCUT2D eigenvalue weighted by molar-refractivity contribution is 5.94. The first-order chi connectivity index (χ1) is 19.2. The normalized spacial score (nSPS) is 20.9. The highest BCUT2D eigenvalue weighted by atomic mass is 16.6. The van der Waals surface area contributed by atoms with Crippen LogP contribution in [0, 0.1) is 0 Å². The van der Waals surface area contributed by atoms with Crippen molar-refractivity contribution in [3.05, 3.63) is 89.7 Å². The van der Waals surface area contributed by atoms with E-state index in [-0.39, 0.29) is 18.0 Å². The molecule has 2 fully saturated rings. The summed E-state index contributed by atoms with van der Waals surface area (Å²) in [5.74, 6) is 0.0489. The van der Waals surface area contributed by atoms with Gasteiger partial charge in [0.1, 0.15) is 5.60 Å². The number of benzene rings is 2. The molecule has 2 aliphatic heterocycles. The average Bonchev–Trinajstić information content (AvgIpc) is 3.63. The van der Waals surface area contributed by atoms with Crippen LogP contribution in [-0.2, 0) is 11.2 Å². The standard InChI is InChI=1S/C32H40N4O4/c1-32(2,3)40-31(39)36-27(14-15-28(36)29(37)24-8-5-4-6-9-24)22-23-10-12-25(13-11-23)30(38)34-20-16-26(17-21-34)35-19-7-18-33-35/h4-13,18-19,26-29,37H,14-17,20-22H2,1-3H3/t27-,28+,29+/m0/s1. The van der Waals surface area contributed by atoms with Crippen molar-refractivity contribution in [2.75, 3.05) is 13.1 Å². The number of hydrogen-bond acceptors (Lipinski definition) is 5. The zero-order chi connectivity index (χ0) is 28.3. The highest BCUT2D eigenvalue weighted by Crippen LogP contribution is 2.36. The number of rotatable bonds is 6. The van der Waals surface area contributed by atoms with Crippen LogP contribution >= 0.6 is 0 Å². The smallest absolute Gasteiger partial charge is 0.410 e. The first-order valence-corrected chi connectivity index (χ1v) is 14.3. The molecule has 40 heavy (non-hydrogen) atoms. The lowest BCUT2D eigenvalue weighted by Gasteiger charge is -2.35. The summed E-state index contributed by atoms with van der Waals surface area (Å²) < 4.78 is 7.76. The molecular formula is C32H40N4O4. The number of carbonyl (C=O) groups is 2. The van der Waals surface area contributed by atoms with Crippen molar-refractivity contribution in [3.63, 3.8) is 0 Å². The van der Waals surface area contributed by atoms with E-state index in [1.54, 1.807) is 11.1 Å². The van der Waals surface area contributed by atoms with Gasteiger partial charge in [-0.3, -0.25) is 14.4 Å². The van der Waals surface area contributed by atoms with Crippen LogP contribution in [0.3, 0.4) is 0 Å². The van der Waals surface area contributed by atoms with Gasteiger partial charge < -0.3 is 14.7 Å². The summed E-state index contributed by atoms with van der Waals surface area (Å²) in [6.07, 6.45) is 6.44. The molecule has 3 aromatic rings. The number of ether oxygens (including phenoxy) is 1. The van der Waals surface area contributed by atoms with Gasteiger partial charge in [0.15, 0.2) is 0 Å². The minimum Gasteiger partial charge on any atom is -0.444 e. The zero-order valence-electron chi connectivity index (χ0n) is 23.6. The Kier molecular flexibility index (Phi) is 8.26. The number of likely N-dealkylation sites (tertiary alicyclic amines) is 2.